The average molecular weight is 545 g/mol. The summed E-state index contributed by atoms with van der Waals surface area (Å²) in [5.41, 5.74) is 6.28. The van der Waals surface area contributed by atoms with Gasteiger partial charge in [-0.2, -0.15) is 0 Å². The van der Waals surface area contributed by atoms with Crippen LogP contribution in [0.15, 0.2) is 54.6 Å². The lowest BCUT2D eigenvalue weighted by Gasteiger charge is -2.34. The number of rotatable bonds is 12. The molecule has 0 saturated heterocycles. The Balaban J connectivity index is 1.32. The van der Waals surface area contributed by atoms with Crippen LogP contribution in [0.4, 0.5) is 5.69 Å². The topological polar surface area (TPSA) is 54.4 Å². The molecule has 1 atom stereocenters. The van der Waals surface area contributed by atoms with Gasteiger partial charge in [0.1, 0.15) is 18.1 Å². The van der Waals surface area contributed by atoms with E-state index in [1.54, 1.807) is 20.3 Å². The molecular formula is C34H44N2O4. The second-order valence-corrected chi connectivity index (χ2v) is 11.2. The monoisotopic (exact) mass is 544 g/mol. The van der Waals surface area contributed by atoms with E-state index in [0.717, 1.165) is 62.2 Å². The van der Waals surface area contributed by atoms with Crippen molar-refractivity contribution in [2.45, 2.75) is 64.0 Å². The van der Waals surface area contributed by atoms with Crippen molar-refractivity contribution in [2.75, 3.05) is 45.9 Å². The molecule has 2 aliphatic rings. The second kappa shape index (κ2) is 12.9. The highest BCUT2D eigenvalue weighted by molar-refractivity contribution is 5.64. The summed E-state index contributed by atoms with van der Waals surface area (Å²) >= 11 is 0. The number of ether oxygens (including phenoxy) is 3. The zero-order chi connectivity index (χ0) is 28.1. The standard InChI is InChI=1S/C34H44N2O4/c1-5-36(23-24-9-15-30(16-10-24)40-18-17-35(2)28-7-6-8-28)32-22-34(39-4)33(38-3)21-31(32)27-12-11-26-20-29(37)14-13-25(26)19-27/h9-10,13-16,20-22,27-28,37H,5-8,11-12,17-19,23H2,1-4H3/t27-/m1/s1. The molecule has 1 saturated carbocycles. The quantitative estimate of drug-likeness (QED) is 0.278. The van der Waals surface area contributed by atoms with Crippen molar-refractivity contribution < 1.29 is 19.3 Å². The van der Waals surface area contributed by atoms with Crippen LogP contribution in [0.3, 0.4) is 0 Å². The van der Waals surface area contributed by atoms with Crippen LogP contribution < -0.4 is 19.1 Å². The van der Waals surface area contributed by atoms with E-state index in [9.17, 15) is 5.11 Å². The number of likely N-dealkylation sites (N-methyl/N-ethyl adjacent to an activating group) is 1. The predicted molar refractivity (Wildman–Crippen MR) is 161 cm³/mol. The van der Waals surface area contributed by atoms with Gasteiger partial charge in [-0.15, -0.1) is 0 Å². The average Bonchev–Trinajstić information content (AvgIpc) is 2.94. The Morgan fingerprint density at radius 1 is 0.900 bits per heavy atom. The van der Waals surface area contributed by atoms with Crippen molar-refractivity contribution >= 4 is 5.69 Å². The molecule has 0 spiro atoms. The van der Waals surface area contributed by atoms with Crippen molar-refractivity contribution in [3.63, 3.8) is 0 Å². The van der Waals surface area contributed by atoms with Gasteiger partial charge in [-0.25, -0.2) is 0 Å². The highest BCUT2D eigenvalue weighted by Crippen LogP contribution is 2.43. The summed E-state index contributed by atoms with van der Waals surface area (Å²) in [7, 11) is 5.60. The summed E-state index contributed by atoms with van der Waals surface area (Å²) in [4.78, 5) is 4.85. The number of aromatic hydroxyl groups is 1. The first-order valence-electron chi connectivity index (χ1n) is 14.7. The van der Waals surface area contributed by atoms with Crippen molar-refractivity contribution in [1.29, 1.82) is 0 Å². The zero-order valence-corrected chi connectivity index (χ0v) is 24.5. The second-order valence-electron chi connectivity index (χ2n) is 11.2. The lowest BCUT2D eigenvalue weighted by molar-refractivity contribution is 0.135. The fourth-order valence-electron chi connectivity index (χ4n) is 6.09. The molecule has 3 aromatic carbocycles. The Bertz CT molecular complexity index is 1270. The number of methoxy groups -OCH3 is 2. The molecule has 3 aromatic rings. The van der Waals surface area contributed by atoms with Gasteiger partial charge in [-0.3, -0.25) is 0 Å². The van der Waals surface area contributed by atoms with Gasteiger partial charge in [-0.1, -0.05) is 24.6 Å². The van der Waals surface area contributed by atoms with Crippen molar-refractivity contribution in [3.8, 4) is 23.0 Å². The maximum absolute atomic E-state index is 9.95. The Hall–Kier alpha value is -3.38. The molecule has 2 aliphatic carbocycles. The first-order chi connectivity index (χ1) is 19.5. The van der Waals surface area contributed by atoms with Crippen LogP contribution in [0.2, 0.25) is 0 Å². The molecule has 40 heavy (non-hydrogen) atoms. The summed E-state index contributed by atoms with van der Waals surface area (Å²) in [6, 6.07) is 19.4. The zero-order valence-electron chi connectivity index (χ0n) is 24.5. The molecule has 1 fully saturated rings. The fraction of sp³-hybridized carbons (Fsp3) is 0.471. The Morgan fingerprint density at radius 2 is 1.65 bits per heavy atom. The maximum Gasteiger partial charge on any atom is 0.162 e. The SMILES string of the molecule is CCN(Cc1ccc(OCCN(C)C2CCC2)cc1)c1cc(OC)c(OC)cc1[C@@H]1CCc2cc(O)ccc2C1. The molecular weight excluding hydrogens is 500 g/mol. The van der Waals surface area contributed by atoms with Crippen LogP contribution in [0.5, 0.6) is 23.0 Å². The van der Waals surface area contributed by atoms with Crippen molar-refractivity contribution in [2.24, 2.45) is 0 Å². The molecule has 6 nitrogen and oxygen atoms in total. The number of phenolic OH excluding ortho intramolecular Hbond substituents is 1. The Labute approximate surface area is 239 Å². The van der Waals surface area contributed by atoms with Crippen LogP contribution in [-0.4, -0.2) is 57.0 Å². The van der Waals surface area contributed by atoms with Crippen LogP contribution in [0.25, 0.3) is 0 Å². The third-order valence-corrected chi connectivity index (χ3v) is 8.82. The first-order valence-corrected chi connectivity index (χ1v) is 14.7. The molecule has 0 amide bonds. The van der Waals surface area contributed by atoms with Gasteiger partial charge in [-0.05, 0) is 105 Å². The van der Waals surface area contributed by atoms with Gasteiger partial charge in [0.2, 0.25) is 0 Å². The number of hydrogen-bond acceptors (Lipinski definition) is 6. The van der Waals surface area contributed by atoms with E-state index in [1.165, 1.54) is 47.2 Å². The van der Waals surface area contributed by atoms with Gasteiger partial charge in [0.05, 0.1) is 14.2 Å². The Kier molecular flexibility index (Phi) is 9.05. The molecule has 0 aromatic heterocycles. The highest BCUT2D eigenvalue weighted by atomic mass is 16.5. The third kappa shape index (κ3) is 6.33. The predicted octanol–water partition coefficient (Wildman–Crippen LogP) is 6.57. The van der Waals surface area contributed by atoms with E-state index in [4.69, 9.17) is 14.2 Å². The molecule has 0 heterocycles. The third-order valence-electron chi connectivity index (χ3n) is 8.82. The van der Waals surface area contributed by atoms with Gasteiger partial charge in [0, 0.05) is 37.4 Å². The van der Waals surface area contributed by atoms with E-state index in [-0.39, 0.29) is 0 Å². The van der Waals surface area contributed by atoms with Gasteiger partial charge in [0.15, 0.2) is 11.5 Å². The van der Waals surface area contributed by atoms with Crippen LogP contribution in [0.1, 0.15) is 60.8 Å². The summed E-state index contributed by atoms with van der Waals surface area (Å²) in [5.74, 6) is 3.13. The lowest BCUT2D eigenvalue weighted by atomic mass is 9.79. The minimum atomic E-state index is 0.346. The summed E-state index contributed by atoms with van der Waals surface area (Å²) in [6.07, 6.45) is 6.91. The molecule has 0 aliphatic heterocycles. The summed E-state index contributed by atoms with van der Waals surface area (Å²) in [5, 5.41) is 9.95. The molecule has 0 bridgehead atoms. The molecule has 0 unspecified atom stereocenters. The minimum Gasteiger partial charge on any atom is -0.508 e. The van der Waals surface area contributed by atoms with E-state index in [1.807, 2.05) is 6.07 Å². The number of anilines is 1. The first kappa shape index (κ1) is 28.2. The summed E-state index contributed by atoms with van der Waals surface area (Å²) in [6.45, 7) is 5.54. The van der Waals surface area contributed by atoms with Crippen LogP contribution in [0, 0.1) is 0 Å². The Morgan fingerprint density at radius 3 is 2.33 bits per heavy atom. The molecule has 214 valence electrons. The normalized spacial score (nSPS) is 16.8. The van der Waals surface area contributed by atoms with Gasteiger partial charge < -0.3 is 29.1 Å². The van der Waals surface area contributed by atoms with Gasteiger partial charge >= 0.3 is 0 Å². The maximum atomic E-state index is 9.95. The van der Waals surface area contributed by atoms with E-state index in [0.29, 0.717) is 18.3 Å². The number of aryl methyl sites for hydroxylation is 1. The van der Waals surface area contributed by atoms with E-state index < -0.39 is 0 Å². The van der Waals surface area contributed by atoms with Crippen molar-refractivity contribution in [1.82, 2.24) is 4.90 Å². The minimum absolute atomic E-state index is 0.346. The van der Waals surface area contributed by atoms with Crippen LogP contribution >= 0.6 is 0 Å². The largest absolute Gasteiger partial charge is 0.508 e. The molecule has 5 rings (SSSR count). The number of phenols is 1. The number of fused-ring (bicyclic) bond motifs is 1. The van der Waals surface area contributed by atoms with Crippen LogP contribution in [-0.2, 0) is 19.4 Å². The summed E-state index contributed by atoms with van der Waals surface area (Å²) < 4.78 is 17.5. The lowest BCUT2D eigenvalue weighted by Crippen LogP contribution is -2.39. The smallest absolute Gasteiger partial charge is 0.162 e. The molecule has 6 heteroatoms. The number of benzene rings is 3. The highest BCUT2D eigenvalue weighted by Gasteiger charge is 2.26. The van der Waals surface area contributed by atoms with Gasteiger partial charge in [0.25, 0.3) is 0 Å². The van der Waals surface area contributed by atoms with E-state index in [2.05, 4.69) is 66.2 Å². The number of hydrogen-bond donors (Lipinski definition) is 1. The molecule has 1 N–H and O–H groups in total. The fourth-order valence-corrected chi connectivity index (χ4v) is 6.09. The van der Waals surface area contributed by atoms with E-state index >= 15 is 0 Å². The number of nitrogens with zero attached hydrogens (tertiary/aromatic N) is 2. The molecule has 0 radical (unpaired) electrons. The van der Waals surface area contributed by atoms with Crippen molar-refractivity contribution in [3.05, 3.63) is 76.9 Å².